The number of carbonyl (C=O) groups excluding carboxylic acids is 2. The minimum absolute atomic E-state index is 0.223. The number of amides is 2. The van der Waals surface area contributed by atoms with Crippen molar-refractivity contribution in [1.82, 2.24) is 4.98 Å². The van der Waals surface area contributed by atoms with Gasteiger partial charge in [-0.2, -0.15) is 0 Å². The van der Waals surface area contributed by atoms with Gasteiger partial charge >= 0.3 is 0 Å². The summed E-state index contributed by atoms with van der Waals surface area (Å²) in [5.74, 6) is 0.0443. The Morgan fingerprint density at radius 3 is 2.65 bits per heavy atom. The average molecular weight is 416 g/mol. The van der Waals surface area contributed by atoms with E-state index in [4.69, 9.17) is 14.9 Å². The SMILES string of the molecule is Cc1cc(Br)oc1C(=O)Nc1ccc(Oc2cccc(C(N)=O)c2)nc1. The predicted molar refractivity (Wildman–Crippen MR) is 98.4 cm³/mol. The van der Waals surface area contributed by atoms with E-state index < -0.39 is 5.91 Å². The number of aromatic nitrogens is 1. The van der Waals surface area contributed by atoms with Gasteiger partial charge in [0, 0.05) is 17.2 Å². The molecule has 26 heavy (non-hydrogen) atoms. The Balaban J connectivity index is 1.69. The first-order valence-electron chi connectivity index (χ1n) is 7.53. The number of anilines is 1. The first-order chi connectivity index (χ1) is 12.4. The number of nitrogens with two attached hydrogens (primary N) is 1. The Labute approximate surface area is 157 Å². The number of aryl methyl sites for hydroxylation is 1. The van der Waals surface area contributed by atoms with Gasteiger partial charge in [0.25, 0.3) is 5.91 Å². The summed E-state index contributed by atoms with van der Waals surface area (Å²) >= 11 is 3.19. The Hall–Kier alpha value is -3.13. The maximum Gasteiger partial charge on any atom is 0.291 e. The Kier molecular flexibility index (Phi) is 5.04. The number of primary amides is 1. The van der Waals surface area contributed by atoms with E-state index in [1.807, 2.05) is 0 Å². The van der Waals surface area contributed by atoms with Crippen LogP contribution in [-0.2, 0) is 0 Å². The first-order valence-corrected chi connectivity index (χ1v) is 8.33. The predicted octanol–water partition coefficient (Wildman–Crippen LogP) is 3.89. The molecule has 0 radical (unpaired) electrons. The van der Waals surface area contributed by atoms with E-state index in [1.54, 1.807) is 43.3 Å². The van der Waals surface area contributed by atoms with Crippen LogP contribution in [0.4, 0.5) is 5.69 Å². The number of nitrogens with one attached hydrogen (secondary N) is 1. The molecule has 2 heterocycles. The highest BCUT2D eigenvalue weighted by atomic mass is 79.9. The lowest BCUT2D eigenvalue weighted by Crippen LogP contribution is -2.12. The van der Waals surface area contributed by atoms with E-state index in [0.29, 0.717) is 27.5 Å². The topological polar surface area (TPSA) is 107 Å². The van der Waals surface area contributed by atoms with Crippen LogP contribution in [0.1, 0.15) is 26.5 Å². The highest BCUT2D eigenvalue weighted by molar-refractivity contribution is 9.10. The normalized spacial score (nSPS) is 10.4. The largest absolute Gasteiger partial charge is 0.444 e. The lowest BCUT2D eigenvalue weighted by Gasteiger charge is -2.07. The van der Waals surface area contributed by atoms with Crippen molar-refractivity contribution < 1.29 is 18.7 Å². The van der Waals surface area contributed by atoms with E-state index in [2.05, 4.69) is 26.2 Å². The van der Waals surface area contributed by atoms with E-state index in [-0.39, 0.29) is 11.7 Å². The fourth-order valence-electron chi connectivity index (χ4n) is 2.20. The first kappa shape index (κ1) is 17.7. The second-order valence-corrected chi connectivity index (χ2v) is 6.18. The maximum atomic E-state index is 12.2. The Bertz CT molecular complexity index is 967. The zero-order valence-corrected chi connectivity index (χ0v) is 15.2. The molecule has 132 valence electrons. The number of benzene rings is 1. The molecule has 7 nitrogen and oxygen atoms in total. The number of furan rings is 1. The fourth-order valence-corrected chi connectivity index (χ4v) is 2.71. The monoisotopic (exact) mass is 415 g/mol. The second kappa shape index (κ2) is 7.40. The molecule has 2 aromatic heterocycles. The molecule has 0 unspecified atom stereocenters. The van der Waals surface area contributed by atoms with Gasteiger partial charge in [-0.25, -0.2) is 4.98 Å². The van der Waals surface area contributed by atoms with Gasteiger partial charge in [0.15, 0.2) is 10.4 Å². The van der Waals surface area contributed by atoms with Crippen molar-refractivity contribution in [3.63, 3.8) is 0 Å². The molecule has 3 rings (SSSR count). The van der Waals surface area contributed by atoms with Crippen molar-refractivity contribution in [3.05, 3.63) is 70.2 Å². The van der Waals surface area contributed by atoms with Crippen LogP contribution in [-0.4, -0.2) is 16.8 Å². The third-order valence-corrected chi connectivity index (χ3v) is 3.82. The van der Waals surface area contributed by atoms with E-state index >= 15 is 0 Å². The molecule has 0 fully saturated rings. The summed E-state index contributed by atoms with van der Waals surface area (Å²) in [5, 5.41) is 2.69. The molecule has 3 aromatic rings. The van der Waals surface area contributed by atoms with Crippen molar-refractivity contribution in [3.8, 4) is 11.6 Å². The fraction of sp³-hybridized carbons (Fsp3) is 0.0556. The zero-order chi connectivity index (χ0) is 18.7. The quantitative estimate of drug-likeness (QED) is 0.656. The van der Waals surface area contributed by atoms with Crippen molar-refractivity contribution in [2.75, 3.05) is 5.32 Å². The summed E-state index contributed by atoms with van der Waals surface area (Å²) in [7, 11) is 0. The van der Waals surface area contributed by atoms with Crippen molar-refractivity contribution in [2.24, 2.45) is 5.73 Å². The Morgan fingerprint density at radius 2 is 2.04 bits per heavy atom. The van der Waals surface area contributed by atoms with E-state index in [0.717, 1.165) is 5.56 Å². The van der Waals surface area contributed by atoms with Gasteiger partial charge in [-0.05, 0) is 53.2 Å². The summed E-state index contributed by atoms with van der Waals surface area (Å²) in [5.41, 5.74) is 6.79. The maximum absolute atomic E-state index is 12.2. The molecule has 0 spiro atoms. The van der Waals surface area contributed by atoms with Gasteiger partial charge in [-0.1, -0.05) is 6.07 Å². The molecule has 1 aromatic carbocycles. The van der Waals surface area contributed by atoms with Crippen molar-refractivity contribution in [1.29, 1.82) is 0 Å². The summed E-state index contributed by atoms with van der Waals surface area (Å²) in [6.07, 6.45) is 1.46. The molecule has 0 atom stereocenters. The smallest absolute Gasteiger partial charge is 0.291 e. The summed E-state index contributed by atoms with van der Waals surface area (Å²) in [6, 6.07) is 11.4. The van der Waals surface area contributed by atoms with Gasteiger partial charge in [-0.3, -0.25) is 9.59 Å². The van der Waals surface area contributed by atoms with Gasteiger partial charge in [0.2, 0.25) is 11.8 Å². The number of ether oxygens (including phenoxy) is 1. The van der Waals surface area contributed by atoms with Crippen LogP contribution in [0.5, 0.6) is 11.6 Å². The lowest BCUT2D eigenvalue weighted by molar-refractivity contribution is 0.0989. The van der Waals surface area contributed by atoms with Crippen LogP contribution in [0.3, 0.4) is 0 Å². The molecule has 2 amide bonds. The third kappa shape index (κ3) is 4.09. The number of hydrogen-bond acceptors (Lipinski definition) is 5. The summed E-state index contributed by atoms with van der Waals surface area (Å²) in [6.45, 7) is 1.78. The van der Waals surface area contributed by atoms with E-state index in [1.165, 1.54) is 12.3 Å². The van der Waals surface area contributed by atoms with Crippen LogP contribution >= 0.6 is 15.9 Å². The minimum Gasteiger partial charge on any atom is -0.444 e. The van der Waals surface area contributed by atoms with Crippen LogP contribution in [0.2, 0.25) is 0 Å². The number of rotatable bonds is 5. The number of carbonyl (C=O) groups is 2. The second-order valence-electron chi connectivity index (χ2n) is 5.40. The lowest BCUT2D eigenvalue weighted by atomic mass is 10.2. The average Bonchev–Trinajstić information content (AvgIpc) is 2.95. The van der Waals surface area contributed by atoms with Crippen LogP contribution in [0.15, 0.2) is 57.7 Å². The van der Waals surface area contributed by atoms with Crippen LogP contribution < -0.4 is 15.8 Å². The van der Waals surface area contributed by atoms with Gasteiger partial charge in [0.1, 0.15) is 5.75 Å². The van der Waals surface area contributed by atoms with Gasteiger partial charge in [0.05, 0.1) is 11.9 Å². The number of hydrogen-bond donors (Lipinski definition) is 2. The highest BCUT2D eigenvalue weighted by Crippen LogP contribution is 2.23. The number of nitrogens with zero attached hydrogens (tertiary/aromatic N) is 1. The Morgan fingerprint density at radius 1 is 1.23 bits per heavy atom. The molecule has 3 N–H and O–H groups in total. The standard InChI is InChI=1S/C18H14BrN3O4/c1-10-7-14(19)26-16(10)18(24)22-12-5-6-15(21-9-12)25-13-4-2-3-11(8-13)17(20)23/h2-9H,1H3,(H2,20,23)(H,22,24). The van der Waals surface area contributed by atoms with Crippen LogP contribution in [0, 0.1) is 6.92 Å². The summed E-state index contributed by atoms with van der Waals surface area (Å²) < 4.78 is 11.4. The minimum atomic E-state index is -0.540. The number of halogens is 1. The van der Waals surface area contributed by atoms with Gasteiger partial charge in [-0.15, -0.1) is 0 Å². The third-order valence-electron chi connectivity index (χ3n) is 3.43. The molecular weight excluding hydrogens is 402 g/mol. The van der Waals surface area contributed by atoms with E-state index in [9.17, 15) is 9.59 Å². The molecule has 0 saturated heterocycles. The van der Waals surface area contributed by atoms with Crippen molar-refractivity contribution >= 4 is 33.4 Å². The molecule has 8 heteroatoms. The highest BCUT2D eigenvalue weighted by Gasteiger charge is 2.15. The van der Waals surface area contributed by atoms with Crippen LogP contribution in [0.25, 0.3) is 0 Å². The summed E-state index contributed by atoms with van der Waals surface area (Å²) in [4.78, 5) is 27.5. The van der Waals surface area contributed by atoms with Crippen molar-refractivity contribution in [2.45, 2.75) is 6.92 Å². The molecule has 0 aliphatic heterocycles. The van der Waals surface area contributed by atoms with Gasteiger partial charge < -0.3 is 20.2 Å². The molecule has 0 saturated carbocycles. The molecule has 0 aliphatic rings. The number of pyridine rings is 1. The molecule has 0 bridgehead atoms. The molecule has 0 aliphatic carbocycles. The molecular formula is C18H14BrN3O4. The zero-order valence-electron chi connectivity index (χ0n) is 13.7.